The number of anilines is 1. The number of hydrogen-bond donors (Lipinski definition) is 1. The summed E-state index contributed by atoms with van der Waals surface area (Å²) in [5, 5.41) is 2.95. The van der Waals surface area contributed by atoms with Gasteiger partial charge in [-0.15, -0.1) is 0 Å². The van der Waals surface area contributed by atoms with E-state index in [1.165, 1.54) is 0 Å². The molecule has 1 amide bonds. The van der Waals surface area contributed by atoms with E-state index in [-0.39, 0.29) is 5.91 Å². The van der Waals surface area contributed by atoms with E-state index in [1.54, 1.807) is 0 Å². The number of nitrogens with zero attached hydrogens (tertiary/aromatic N) is 1. The van der Waals surface area contributed by atoms with E-state index < -0.39 is 5.60 Å². The second-order valence-electron chi connectivity index (χ2n) is 6.69. The summed E-state index contributed by atoms with van der Waals surface area (Å²) in [4.78, 5) is 14.9. The van der Waals surface area contributed by atoms with Crippen LogP contribution in [-0.4, -0.2) is 62.5 Å². The van der Waals surface area contributed by atoms with Crippen LogP contribution in [0.5, 0.6) is 5.75 Å². The van der Waals surface area contributed by atoms with Crippen molar-refractivity contribution in [3.63, 3.8) is 0 Å². The molecule has 1 aliphatic heterocycles. The number of ether oxygens (including phenoxy) is 3. The van der Waals surface area contributed by atoms with Crippen molar-refractivity contribution in [2.45, 2.75) is 39.2 Å². The van der Waals surface area contributed by atoms with E-state index in [0.717, 1.165) is 50.7 Å². The highest BCUT2D eigenvalue weighted by Crippen LogP contribution is 2.22. The van der Waals surface area contributed by atoms with Gasteiger partial charge in [-0.2, -0.15) is 0 Å². The summed E-state index contributed by atoms with van der Waals surface area (Å²) in [6.07, 6.45) is 1.58. The molecule has 1 heterocycles. The zero-order chi connectivity index (χ0) is 18.8. The van der Waals surface area contributed by atoms with Gasteiger partial charge in [0.05, 0.1) is 13.2 Å². The highest BCUT2D eigenvalue weighted by atomic mass is 16.5. The van der Waals surface area contributed by atoms with Crippen LogP contribution in [0.3, 0.4) is 0 Å². The Balaban J connectivity index is 1.81. The standard InChI is InChI=1S/C20H32N2O4/c1-4-10-20(3,26-5-2)19(23)21-17-6-8-18(9-7-17)25-16-13-22-11-14-24-15-12-22/h6-9H,4-5,10-16H2,1-3H3,(H,21,23)/t20-/m1/s1. The van der Waals surface area contributed by atoms with Crippen molar-refractivity contribution < 1.29 is 19.0 Å². The van der Waals surface area contributed by atoms with Crippen molar-refractivity contribution in [2.24, 2.45) is 0 Å². The molecule has 0 aromatic heterocycles. The third-order valence-corrected chi connectivity index (χ3v) is 4.56. The highest BCUT2D eigenvalue weighted by molar-refractivity contribution is 5.97. The maximum absolute atomic E-state index is 12.6. The van der Waals surface area contributed by atoms with Crippen molar-refractivity contribution in [3.05, 3.63) is 24.3 Å². The molecule has 6 nitrogen and oxygen atoms in total. The second-order valence-corrected chi connectivity index (χ2v) is 6.69. The Labute approximate surface area is 156 Å². The van der Waals surface area contributed by atoms with Crippen molar-refractivity contribution in [1.82, 2.24) is 4.90 Å². The van der Waals surface area contributed by atoms with Crippen LogP contribution in [0.25, 0.3) is 0 Å². The molecule has 1 saturated heterocycles. The van der Waals surface area contributed by atoms with Crippen LogP contribution in [0.4, 0.5) is 5.69 Å². The fourth-order valence-corrected chi connectivity index (χ4v) is 3.06. The molecule has 0 spiro atoms. The molecular weight excluding hydrogens is 332 g/mol. The second kappa shape index (κ2) is 10.5. The molecule has 1 aliphatic rings. The summed E-state index contributed by atoms with van der Waals surface area (Å²) < 4.78 is 16.8. The summed E-state index contributed by atoms with van der Waals surface area (Å²) in [6, 6.07) is 7.49. The topological polar surface area (TPSA) is 60.0 Å². The maximum Gasteiger partial charge on any atom is 0.256 e. The molecule has 1 aromatic carbocycles. The smallest absolute Gasteiger partial charge is 0.256 e. The van der Waals surface area contributed by atoms with Gasteiger partial charge in [-0.05, 0) is 44.5 Å². The van der Waals surface area contributed by atoms with Gasteiger partial charge < -0.3 is 19.5 Å². The van der Waals surface area contributed by atoms with E-state index in [1.807, 2.05) is 45.0 Å². The average Bonchev–Trinajstić information content (AvgIpc) is 2.64. The molecule has 0 aliphatic carbocycles. The average molecular weight is 364 g/mol. The number of amides is 1. The molecule has 1 N–H and O–H groups in total. The van der Waals surface area contributed by atoms with Gasteiger partial charge in [0, 0.05) is 31.9 Å². The van der Waals surface area contributed by atoms with E-state index in [2.05, 4.69) is 10.2 Å². The molecule has 1 aromatic rings. The predicted molar refractivity (Wildman–Crippen MR) is 103 cm³/mol. The molecule has 0 bridgehead atoms. The maximum atomic E-state index is 12.6. The number of hydrogen-bond acceptors (Lipinski definition) is 5. The van der Waals surface area contributed by atoms with Crippen LogP contribution in [0.2, 0.25) is 0 Å². The quantitative estimate of drug-likeness (QED) is 0.692. The Hall–Kier alpha value is -1.63. The van der Waals surface area contributed by atoms with Gasteiger partial charge in [0.25, 0.3) is 5.91 Å². The molecule has 146 valence electrons. The van der Waals surface area contributed by atoms with Crippen LogP contribution >= 0.6 is 0 Å². The highest BCUT2D eigenvalue weighted by Gasteiger charge is 2.32. The summed E-state index contributed by atoms with van der Waals surface area (Å²) >= 11 is 0. The van der Waals surface area contributed by atoms with Crippen LogP contribution in [0.15, 0.2) is 24.3 Å². The zero-order valence-corrected chi connectivity index (χ0v) is 16.3. The molecule has 2 rings (SSSR count). The Morgan fingerprint density at radius 1 is 1.23 bits per heavy atom. The number of nitrogens with one attached hydrogen (secondary N) is 1. The lowest BCUT2D eigenvalue weighted by Gasteiger charge is -2.28. The fraction of sp³-hybridized carbons (Fsp3) is 0.650. The number of carbonyl (C=O) groups is 1. The van der Waals surface area contributed by atoms with Crippen LogP contribution in [0, 0.1) is 0 Å². The summed E-state index contributed by atoms with van der Waals surface area (Å²) in [5.41, 5.74) is -0.0471. The number of morpholine rings is 1. The Morgan fingerprint density at radius 3 is 2.54 bits per heavy atom. The zero-order valence-electron chi connectivity index (χ0n) is 16.3. The first-order valence-electron chi connectivity index (χ1n) is 9.55. The van der Waals surface area contributed by atoms with Crippen molar-refractivity contribution >= 4 is 11.6 Å². The van der Waals surface area contributed by atoms with E-state index in [9.17, 15) is 4.79 Å². The first-order chi connectivity index (χ1) is 12.6. The molecule has 0 unspecified atom stereocenters. The molecule has 6 heteroatoms. The van der Waals surface area contributed by atoms with E-state index >= 15 is 0 Å². The molecule has 0 saturated carbocycles. The summed E-state index contributed by atoms with van der Waals surface area (Å²) in [7, 11) is 0. The first-order valence-corrected chi connectivity index (χ1v) is 9.55. The fourth-order valence-electron chi connectivity index (χ4n) is 3.06. The number of rotatable bonds is 10. The predicted octanol–water partition coefficient (Wildman–Crippen LogP) is 2.93. The monoisotopic (exact) mass is 364 g/mol. The lowest BCUT2D eigenvalue weighted by atomic mass is 9.99. The van der Waals surface area contributed by atoms with Crippen LogP contribution < -0.4 is 10.1 Å². The van der Waals surface area contributed by atoms with Gasteiger partial charge in [-0.25, -0.2) is 0 Å². The Kier molecular flexibility index (Phi) is 8.35. The number of benzene rings is 1. The van der Waals surface area contributed by atoms with Gasteiger partial charge in [-0.3, -0.25) is 9.69 Å². The third-order valence-electron chi connectivity index (χ3n) is 4.56. The Bertz CT molecular complexity index is 535. The van der Waals surface area contributed by atoms with Gasteiger partial charge in [0.2, 0.25) is 0 Å². The van der Waals surface area contributed by atoms with E-state index in [0.29, 0.717) is 19.6 Å². The summed E-state index contributed by atoms with van der Waals surface area (Å²) in [5.74, 6) is 0.694. The van der Waals surface area contributed by atoms with Gasteiger partial charge >= 0.3 is 0 Å². The minimum Gasteiger partial charge on any atom is -0.492 e. The number of carbonyl (C=O) groups excluding carboxylic acids is 1. The van der Waals surface area contributed by atoms with Crippen molar-refractivity contribution in [1.29, 1.82) is 0 Å². The minimum absolute atomic E-state index is 0.109. The molecular formula is C20H32N2O4. The van der Waals surface area contributed by atoms with Gasteiger partial charge in [-0.1, -0.05) is 13.3 Å². The first kappa shape index (κ1) is 20.7. The van der Waals surface area contributed by atoms with Crippen LogP contribution in [0.1, 0.15) is 33.6 Å². The van der Waals surface area contributed by atoms with Crippen molar-refractivity contribution in [2.75, 3.05) is 51.4 Å². The lowest BCUT2D eigenvalue weighted by molar-refractivity contribution is -0.139. The Morgan fingerprint density at radius 2 is 1.92 bits per heavy atom. The molecule has 0 radical (unpaired) electrons. The molecule has 1 atom stereocenters. The molecule has 26 heavy (non-hydrogen) atoms. The lowest BCUT2D eigenvalue weighted by Crippen LogP contribution is -2.42. The SMILES string of the molecule is CCC[C@@](C)(OCC)C(=O)Nc1ccc(OCCN2CCOCC2)cc1. The summed E-state index contributed by atoms with van der Waals surface area (Å²) in [6.45, 7) is 11.4. The van der Waals surface area contributed by atoms with Gasteiger partial charge in [0.1, 0.15) is 18.0 Å². The van der Waals surface area contributed by atoms with E-state index in [4.69, 9.17) is 14.2 Å². The largest absolute Gasteiger partial charge is 0.492 e. The normalized spacial score (nSPS) is 17.5. The third kappa shape index (κ3) is 6.27. The van der Waals surface area contributed by atoms with Gasteiger partial charge in [0.15, 0.2) is 0 Å². The minimum atomic E-state index is -0.795. The molecule has 1 fully saturated rings. The van der Waals surface area contributed by atoms with Crippen LogP contribution in [-0.2, 0) is 14.3 Å². The van der Waals surface area contributed by atoms with Crippen molar-refractivity contribution in [3.8, 4) is 5.75 Å².